The van der Waals surface area contributed by atoms with Gasteiger partial charge in [-0.25, -0.2) is 14.0 Å². The number of benzene rings is 2. The number of fused-ring (bicyclic) bond motifs is 1. The standard InChI is InChI=1S/C18H12FNO6/c1-9-10(17(23)25-2)7-8-13(19)14(9)18(24)26-20-15(21)11-5-3-4-6-12(11)16(20)22/h3-8H,1-2H3. The normalized spacial score (nSPS) is 12.8. The van der Waals surface area contributed by atoms with Crippen molar-refractivity contribution in [2.75, 3.05) is 7.11 Å². The molecule has 0 N–H and O–H groups in total. The molecular formula is C18H12FNO6. The summed E-state index contributed by atoms with van der Waals surface area (Å²) in [6, 6.07) is 7.99. The lowest BCUT2D eigenvalue weighted by atomic mass is 10.0. The Morgan fingerprint density at radius 1 is 0.962 bits per heavy atom. The molecule has 0 bridgehead atoms. The summed E-state index contributed by atoms with van der Waals surface area (Å²) < 4.78 is 18.7. The lowest BCUT2D eigenvalue weighted by Crippen LogP contribution is -2.33. The van der Waals surface area contributed by atoms with E-state index in [2.05, 4.69) is 4.74 Å². The highest BCUT2D eigenvalue weighted by Crippen LogP contribution is 2.25. The summed E-state index contributed by atoms with van der Waals surface area (Å²) in [5.41, 5.74) is -0.484. The van der Waals surface area contributed by atoms with E-state index in [-0.39, 0.29) is 27.3 Å². The highest BCUT2D eigenvalue weighted by Gasteiger charge is 2.39. The number of carbonyl (C=O) groups is 4. The van der Waals surface area contributed by atoms with Gasteiger partial charge in [0.25, 0.3) is 11.8 Å². The summed E-state index contributed by atoms with van der Waals surface area (Å²) in [4.78, 5) is 53.4. The minimum absolute atomic E-state index is 0.0292. The summed E-state index contributed by atoms with van der Waals surface area (Å²) in [6.45, 7) is 1.33. The molecule has 2 aromatic carbocycles. The summed E-state index contributed by atoms with van der Waals surface area (Å²) in [5, 5.41) is 0.274. The van der Waals surface area contributed by atoms with Crippen molar-refractivity contribution in [3.05, 3.63) is 70.0 Å². The Morgan fingerprint density at radius 3 is 2.08 bits per heavy atom. The van der Waals surface area contributed by atoms with E-state index in [1.165, 1.54) is 19.1 Å². The van der Waals surface area contributed by atoms with E-state index in [0.717, 1.165) is 19.2 Å². The van der Waals surface area contributed by atoms with Crippen molar-refractivity contribution in [3.63, 3.8) is 0 Å². The number of amides is 2. The predicted octanol–water partition coefficient (Wildman–Crippen LogP) is 2.29. The first-order chi connectivity index (χ1) is 12.4. The SMILES string of the molecule is COC(=O)c1ccc(F)c(C(=O)ON2C(=O)c3ccccc3C2=O)c1C. The molecule has 1 aliphatic heterocycles. The van der Waals surface area contributed by atoms with Gasteiger partial charge in [0.15, 0.2) is 0 Å². The van der Waals surface area contributed by atoms with Gasteiger partial charge in [0.1, 0.15) is 11.4 Å². The van der Waals surface area contributed by atoms with E-state index >= 15 is 0 Å². The molecule has 2 amide bonds. The third kappa shape index (κ3) is 2.61. The number of esters is 1. The van der Waals surface area contributed by atoms with Crippen LogP contribution >= 0.6 is 0 Å². The molecule has 8 heteroatoms. The van der Waals surface area contributed by atoms with Crippen LogP contribution in [0.2, 0.25) is 0 Å². The summed E-state index contributed by atoms with van der Waals surface area (Å²) in [7, 11) is 1.14. The minimum Gasteiger partial charge on any atom is -0.465 e. The topological polar surface area (TPSA) is 90.0 Å². The fraction of sp³-hybridized carbons (Fsp3) is 0.111. The van der Waals surface area contributed by atoms with Crippen LogP contribution in [0.3, 0.4) is 0 Å². The van der Waals surface area contributed by atoms with E-state index in [4.69, 9.17) is 4.84 Å². The Hall–Kier alpha value is -3.55. The molecule has 0 aliphatic carbocycles. The molecule has 0 saturated carbocycles. The van der Waals surface area contributed by atoms with Crippen LogP contribution in [0.1, 0.15) is 47.0 Å². The molecule has 132 valence electrons. The van der Waals surface area contributed by atoms with Crippen LogP contribution in [0.15, 0.2) is 36.4 Å². The summed E-state index contributed by atoms with van der Waals surface area (Å²) >= 11 is 0. The highest BCUT2D eigenvalue weighted by molar-refractivity contribution is 6.21. The molecule has 1 heterocycles. The molecule has 0 unspecified atom stereocenters. The number of rotatable bonds is 3. The van der Waals surface area contributed by atoms with E-state index < -0.39 is 35.1 Å². The van der Waals surface area contributed by atoms with Gasteiger partial charge in [-0.1, -0.05) is 17.2 Å². The molecule has 0 aromatic heterocycles. The van der Waals surface area contributed by atoms with Crippen LogP contribution in [-0.2, 0) is 9.57 Å². The molecular weight excluding hydrogens is 345 g/mol. The molecule has 26 heavy (non-hydrogen) atoms. The van der Waals surface area contributed by atoms with Crippen molar-refractivity contribution in [1.29, 1.82) is 0 Å². The number of imide groups is 1. The largest absolute Gasteiger partial charge is 0.465 e. The molecule has 0 radical (unpaired) electrons. The maximum Gasteiger partial charge on any atom is 0.367 e. The third-order valence-corrected chi connectivity index (χ3v) is 3.95. The van der Waals surface area contributed by atoms with Gasteiger partial charge >= 0.3 is 11.9 Å². The van der Waals surface area contributed by atoms with Gasteiger partial charge in [-0.2, -0.15) is 0 Å². The molecule has 2 aromatic rings. The van der Waals surface area contributed by atoms with Crippen LogP contribution < -0.4 is 0 Å². The van der Waals surface area contributed by atoms with Crippen molar-refractivity contribution < 1.29 is 33.1 Å². The van der Waals surface area contributed by atoms with Crippen molar-refractivity contribution in [1.82, 2.24) is 5.06 Å². The van der Waals surface area contributed by atoms with Gasteiger partial charge in [-0.05, 0) is 36.8 Å². The average molecular weight is 357 g/mol. The maximum atomic E-state index is 14.1. The number of hydrogen-bond donors (Lipinski definition) is 0. The Labute approximate surface area is 146 Å². The first-order valence-corrected chi connectivity index (χ1v) is 7.44. The number of ether oxygens (including phenoxy) is 1. The van der Waals surface area contributed by atoms with Crippen molar-refractivity contribution in [2.45, 2.75) is 6.92 Å². The lowest BCUT2D eigenvalue weighted by Gasteiger charge is -2.15. The second-order valence-corrected chi connectivity index (χ2v) is 5.42. The predicted molar refractivity (Wildman–Crippen MR) is 84.8 cm³/mol. The first kappa shape index (κ1) is 17.3. The number of hydroxylamine groups is 2. The lowest BCUT2D eigenvalue weighted by molar-refractivity contribution is -0.0588. The molecule has 1 aliphatic rings. The van der Waals surface area contributed by atoms with Gasteiger partial charge in [-0.15, -0.1) is 0 Å². The number of hydrogen-bond acceptors (Lipinski definition) is 6. The average Bonchev–Trinajstić information content (AvgIpc) is 2.86. The molecule has 0 saturated heterocycles. The van der Waals surface area contributed by atoms with E-state index in [9.17, 15) is 23.6 Å². The Morgan fingerprint density at radius 2 is 1.54 bits per heavy atom. The van der Waals surface area contributed by atoms with Crippen LogP contribution in [0, 0.1) is 12.7 Å². The third-order valence-electron chi connectivity index (χ3n) is 3.95. The van der Waals surface area contributed by atoms with E-state index in [1.807, 2.05) is 0 Å². The van der Waals surface area contributed by atoms with Crippen molar-refractivity contribution in [3.8, 4) is 0 Å². The fourth-order valence-electron chi connectivity index (χ4n) is 2.64. The van der Waals surface area contributed by atoms with Crippen LogP contribution in [0.4, 0.5) is 4.39 Å². The number of carbonyl (C=O) groups excluding carboxylic acids is 4. The summed E-state index contributed by atoms with van der Waals surface area (Å²) in [5.74, 6) is -4.67. The smallest absolute Gasteiger partial charge is 0.367 e. The highest BCUT2D eigenvalue weighted by atomic mass is 19.1. The molecule has 0 spiro atoms. The quantitative estimate of drug-likeness (QED) is 0.618. The van der Waals surface area contributed by atoms with Crippen LogP contribution in [0.25, 0.3) is 0 Å². The number of halogens is 1. The number of nitrogens with zero attached hydrogens (tertiary/aromatic N) is 1. The zero-order chi connectivity index (χ0) is 19.0. The minimum atomic E-state index is -1.28. The van der Waals surface area contributed by atoms with E-state index in [1.54, 1.807) is 12.1 Å². The Bertz CT molecular complexity index is 933. The fourth-order valence-corrected chi connectivity index (χ4v) is 2.64. The van der Waals surface area contributed by atoms with Gasteiger partial charge in [0.2, 0.25) is 0 Å². The zero-order valence-corrected chi connectivity index (χ0v) is 13.7. The zero-order valence-electron chi connectivity index (χ0n) is 13.7. The second-order valence-electron chi connectivity index (χ2n) is 5.42. The molecule has 0 atom stereocenters. The number of methoxy groups -OCH3 is 1. The van der Waals surface area contributed by atoms with Crippen LogP contribution in [0.5, 0.6) is 0 Å². The van der Waals surface area contributed by atoms with Crippen molar-refractivity contribution >= 4 is 23.8 Å². The Kier molecular flexibility index (Phi) is 4.25. The maximum absolute atomic E-state index is 14.1. The molecule has 7 nitrogen and oxygen atoms in total. The monoisotopic (exact) mass is 357 g/mol. The van der Waals surface area contributed by atoms with Gasteiger partial charge in [0, 0.05) is 0 Å². The second kappa shape index (κ2) is 6.40. The van der Waals surface area contributed by atoms with Crippen molar-refractivity contribution in [2.24, 2.45) is 0 Å². The van der Waals surface area contributed by atoms with Gasteiger partial charge in [-0.3, -0.25) is 9.59 Å². The Balaban J connectivity index is 1.94. The van der Waals surface area contributed by atoms with Crippen LogP contribution in [-0.4, -0.2) is 35.9 Å². The first-order valence-electron chi connectivity index (χ1n) is 7.44. The van der Waals surface area contributed by atoms with E-state index in [0.29, 0.717) is 0 Å². The van der Waals surface area contributed by atoms with Gasteiger partial charge in [0.05, 0.1) is 23.8 Å². The molecule has 3 rings (SSSR count). The summed E-state index contributed by atoms with van der Waals surface area (Å²) in [6.07, 6.45) is 0. The van der Waals surface area contributed by atoms with Gasteiger partial charge < -0.3 is 9.57 Å². The molecule has 0 fully saturated rings.